The van der Waals surface area contributed by atoms with Gasteiger partial charge in [-0.25, -0.2) is 9.18 Å². The monoisotopic (exact) mass is 265 g/mol. The molecular weight excluding hydrogens is 253 g/mol. The minimum absolute atomic E-state index is 0.0227. The molecule has 1 aromatic heterocycles. The highest BCUT2D eigenvalue weighted by Crippen LogP contribution is 2.23. The van der Waals surface area contributed by atoms with Crippen LogP contribution in [0.1, 0.15) is 16.1 Å². The number of halogens is 1. The third kappa shape index (κ3) is 2.82. The number of methoxy groups -OCH3 is 1. The summed E-state index contributed by atoms with van der Waals surface area (Å²) >= 11 is 0. The van der Waals surface area contributed by atoms with Crippen LogP contribution in [0, 0.1) is 5.82 Å². The van der Waals surface area contributed by atoms with Crippen molar-refractivity contribution in [2.75, 3.05) is 18.2 Å². The van der Waals surface area contributed by atoms with E-state index in [4.69, 9.17) is 10.3 Å². The zero-order chi connectivity index (χ0) is 13.8. The van der Waals surface area contributed by atoms with Crippen molar-refractivity contribution in [2.24, 2.45) is 0 Å². The first-order valence-corrected chi connectivity index (χ1v) is 5.42. The molecule has 6 nitrogen and oxygen atoms in total. The highest BCUT2D eigenvalue weighted by Gasteiger charge is 2.14. The first-order chi connectivity index (χ1) is 9.11. The molecule has 0 saturated carbocycles. The maximum absolute atomic E-state index is 13.7. The second kappa shape index (κ2) is 5.38. The number of hydrogen-bond acceptors (Lipinski definition) is 6. The summed E-state index contributed by atoms with van der Waals surface area (Å²) in [6, 6.07) is 4.01. The van der Waals surface area contributed by atoms with Crippen LogP contribution in [0.5, 0.6) is 0 Å². The molecule has 1 heterocycles. The average Bonchev–Trinajstić information content (AvgIpc) is 2.90. The molecule has 0 bridgehead atoms. The van der Waals surface area contributed by atoms with Crippen LogP contribution in [0.15, 0.2) is 28.9 Å². The third-order valence-corrected chi connectivity index (χ3v) is 2.49. The number of anilines is 2. The molecule has 1 aromatic carbocycles. The summed E-state index contributed by atoms with van der Waals surface area (Å²) in [5, 5.41) is 6.32. The molecule has 2 aromatic rings. The predicted octanol–water partition coefficient (Wildman–Crippen LogP) is 1.79. The van der Waals surface area contributed by atoms with Crippen molar-refractivity contribution >= 4 is 17.3 Å². The quantitative estimate of drug-likeness (QED) is 0.647. The number of ether oxygens (including phenoxy) is 1. The van der Waals surface area contributed by atoms with Crippen molar-refractivity contribution < 1.29 is 18.4 Å². The Bertz CT molecular complexity index is 584. The summed E-state index contributed by atoms with van der Waals surface area (Å²) in [5.41, 5.74) is 5.81. The summed E-state index contributed by atoms with van der Waals surface area (Å²) in [4.78, 5) is 11.4. The molecule has 19 heavy (non-hydrogen) atoms. The molecule has 0 atom stereocenters. The molecule has 7 heteroatoms. The molecule has 0 aliphatic carbocycles. The van der Waals surface area contributed by atoms with Gasteiger partial charge in [0.1, 0.15) is 5.82 Å². The highest BCUT2D eigenvalue weighted by molar-refractivity contribution is 5.96. The fourth-order valence-corrected chi connectivity index (χ4v) is 1.53. The van der Waals surface area contributed by atoms with Gasteiger partial charge in [0.2, 0.25) is 0 Å². The lowest BCUT2D eigenvalue weighted by Gasteiger charge is -2.10. The Morgan fingerprint density at radius 3 is 3.00 bits per heavy atom. The molecule has 0 aliphatic rings. The molecule has 0 unspecified atom stereocenters. The Morgan fingerprint density at radius 2 is 2.37 bits per heavy atom. The molecule has 0 fully saturated rings. The van der Waals surface area contributed by atoms with Gasteiger partial charge in [-0.05, 0) is 12.1 Å². The van der Waals surface area contributed by atoms with E-state index < -0.39 is 11.8 Å². The molecule has 0 saturated heterocycles. The molecule has 2 rings (SSSR count). The fraction of sp³-hybridized carbons (Fsp3) is 0.167. The minimum Gasteiger partial charge on any atom is -0.465 e. The van der Waals surface area contributed by atoms with Crippen molar-refractivity contribution in [3.8, 4) is 0 Å². The van der Waals surface area contributed by atoms with Gasteiger partial charge >= 0.3 is 5.97 Å². The number of nitrogen functional groups attached to an aromatic ring is 1. The topological polar surface area (TPSA) is 90.4 Å². The number of aromatic nitrogens is 1. The van der Waals surface area contributed by atoms with Crippen LogP contribution in [0.3, 0.4) is 0 Å². The lowest BCUT2D eigenvalue weighted by molar-refractivity contribution is 0.0602. The van der Waals surface area contributed by atoms with Crippen molar-refractivity contribution in [2.45, 2.75) is 6.54 Å². The fourth-order valence-electron chi connectivity index (χ4n) is 1.53. The van der Waals surface area contributed by atoms with E-state index in [-0.39, 0.29) is 23.5 Å². The standard InChI is InChI=1S/C12H12FN3O3/c1-18-12(17)8-4-11(9(13)5-10(8)14)15-6-7-2-3-16-19-7/h2-5,15H,6,14H2,1H3. The van der Waals surface area contributed by atoms with E-state index in [9.17, 15) is 9.18 Å². The number of rotatable bonds is 4. The number of hydrogen-bond donors (Lipinski definition) is 2. The molecule has 0 aliphatic heterocycles. The minimum atomic E-state index is -0.625. The molecular formula is C12H12FN3O3. The molecule has 0 amide bonds. The van der Waals surface area contributed by atoms with Crippen LogP contribution < -0.4 is 11.1 Å². The second-order valence-corrected chi connectivity index (χ2v) is 3.74. The maximum atomic E-state index is 13.7. The van der Waals surface area contributed by atoms with Gasteiger partial charge in [0, 0.05) is 11.8 Å². The average molecular weight is 265 g/mol. The van der Waals surface area contributed by atoms with Gasteiger partial charge in [-0.2, -0.15) is 0 Å². The van der Waals surface area contributed by atoms with E-state index in [0.717, 1.165) is 6.07 Å². The van der Waals surface area contributed by atoms with Crippen molar-refractivity contribution in [3.63, 3.8) is 0 Å². The van der Waals surface area contributed by atoms with Gasteiger partial charge in [0.25, 0.3) is 0 Å². The van der Waals surface area contributed by atoms with E-state index in [2.05, 4.69) is 15.2 Å². The molecule has 100 valence electrons. The summed E-state index contributed by atoms with van der Waals surface area (Å²) in [6.45, 7) is 0.238. The zero-order valence-electron chi connectivity index (χ0n) is 10.1. The summed E-state index contributed by atoms with van der Waals surface area (Å²) in [6.07, 6.45) is 1.48. The zero-order valence-corrected chi connectivity index (χ0v) is 10.1. The third-order valence-electron chi connectivity index (χ3n) is 2.49. The van der Waals surface area contributed by atoms with Crippen LogP contribution in [0.2, 0.25) is 0 Å². The maximum Gasteiger partial charge on any atom is 0.340 e. The van der Waals surface area contributed by atoms with Crippen LogP contribution in [0.4, 0.5) is 15.8 Å². The van der Waals surface area contributed by atoms with Crippen LogP contribution >= 0.6 is 0 Å². The normalized spacial score (nSPS) is 10.2. The van der Waals surface area contributed by atoms with Gasteiger partial charge in [-0.1, -0.05) is 5.16 Å². The predicted molar refractivity (Wildman–Crippen MR) is 66.0 cm³/mol. The Balaban J connectivity index is 2.22. The number of benzene rings is 1. The first-order valence-electron chi connectivity index (χ1n) is 5.42. The summed E-state index contributed by atoms with van der Waals surface area (Å²) < 4.78 is 23.1. The van der Waals surface area contributed by atoms with Crippen molar-refractivity contribution in [3.05, 3.63) is 41.5 Å². The van der Waals surface area contributed by atoms with E-state index >= 15 is 0 Å². The van der Waals surface area contributed by atoms with E-state index in [0.29, 0.717) is 5.76 Å². The Labute approximate surface area is 108 Å². The van der Waals surface area contributed by atoms with Crippen LogP contribution in [0.25, 0.3) is 0 Å². The smallest absolute Gasteiger partial charge is 0.340 e. The second-order valence-electron chi connectivity index (χ2n) is 3.74. The number of carbonyl (C=O) groups is 1. The number of esters is 1. The van der Waals surface area contributed by atoms with E-state index in [1.54, 1.807) is 6.07 Å². The SMILES string of the molecule is COC(=O)c1cc(NCc2ccno2)c(F)cc1N. The molecule has 3 N–H and O–H groups in total. The first kappa shape index (κ1) is 12.9. The number of nitrogens with two attached hydrogens (primary N) is 1. The lowest BCUT2D eigenvalue weighted by Crippen LogP contribution is -2.09. The Hall–Kier alpha value is -2.57. The van der Waals surface area contributed by atoms with Crippen molar-refractivity contribution in [1.29, 1.82) is 0 Å². The van der Waals surface area contributed by atoms with Gasteiger partial charge in [0.15, 0.2) is 5.76 Å². The Morgan fingerprint density at radius 1 is 1.58 bits per heavy atom. The number of nitrogens with zero attached hydrogens (tertiary/aromatic N) is 1. The summed E-state index contributed by atoms with van der Waals surface area (Å²) in [5.74, 6) is -0.652. The summed E-state index contributed by atoms with van der Waals surface area (Å²) in [7, 11) is 1.23. The molecule has 0 radical (unpaired) electrons. The molecule has 0 spiro atoms. The van der Waals surface area contributed by atoms with E-state index in [1.807, 2.05) is 0 Å². The number of carbonyl (C=O) groups excluding carboxylic acids is 1. The Kier molecular flexibility index (Phi) is 3.65. The largest absolute Gasteiger partial charge is 0.465 e. The highest BCUT2D eigenvalue weighted by atomic mass is 19.1. The van der Waals surface area contributed by atoms with Gasteiger partial charge in [-0.15, -0.1) is 0 Å². The van der Waals surface area contributed by atoms with Gasteiger partial charge in [0.05, 0.1) is 31.1 Å². The number of nitrogens with one attached hydrogen (secondary N) is 1. The van der Waals surface area contributed by atoms with Crippen LogP contribution in [-0.2, 0) is 11.3 Å². The van der Waals surface area contributed by atoms with E-state index in [1.165, 1.54) is 19.4 Å². The van der Waals surface area contributed by atoms with Gasteiger partial charge in [-0.3, -0.25) is 0 Å². The van der Waals surface area contributed by atoms with Crippen LogP contribution in [-0.4, -0.2) is 18.2 Å². The van der Waals surface area contributed by atoms with Gasteiger partial charge < -0.3 is 20.3 Å². The van der Waals surface area contributed by atoms with Crippen molar-refractivity contribution in [1.82, 2.24) is 5.16 Å². The lowest BCUT2D eigenvalue weighted by atomic mass is 10.1.